The molecule has 0 spiro atoms. The van der Waals surface area contributed by atoms with E-state index in [1.807, 2.05) is 98.8 Å². The van der Waals surface area contributed by atoms with Gasteiger partial charge in [-0.25, -0.2) is 0 Å². The molecule has 0 aliphatic carbocycles. The second-order valence-electron chi connectivity index (χ2n) is 7.11. The van der Waals surface area contributed by atoms with Gasteiger partial charge in [0.25, 0.3) is 5.91 Å². The zero-order chi connectivity index (χ0) is 21.6. The van der Waals surface area contributed by atoms with Crippen molar-refractivity contribution in [2.24, 2.45) is 5.10 Å². The van der Waals surface area contributed by atoms with Crippen LogP contribution in [0.5, 0.6) is 11.5 Å². The molecule has 0 N–H and O–H groups in total. The molecule has 0 atom stereocenters. The Morgan fingerprint density at radius 1 is 0.903 bits per heavy atom. The van der Waals surface area contributed by atoms with Crippen LogP contribution < -0.4 is 14.5 Å². The Labute approximate surface area is 182 Å². The maximum absolute atomic E-state index is 12.9. The zero-order valence-electron chi connectivity index (χ0n) is 17.6. The first-order valence-corrected chi connectivity index (χ1v) is 10.3. The van der Waals surface area contributed by atoms with Crippen molar-refractivity contribution in [2.45, 2.75) is 20.5 Å². The lowest BCUT2D eigenvalue weighted by Crippen LogP contribution is -2.21. The molecule has 1 aliphatic heterocycles. The number of hydrogen-bond donors (Lipinski definition) is 0. The van der Waals surface area contributed by atoms with Gasteiger partial charge < -0.3 is 9.47 Å². The standard InChI is InChI=1S/C26H24N2O3/c1-3-30-25-17-21(14-15-24(25)31-18-20-10-6-4-7-11-20)16-23-19(2)27-28(26(23)29)22-12-8-5-9-13-22/h4-17H,3,18H2,1-2H3. The Bertz CT molecular complexity index is 1120. The van der Waals surface area contributed by atoms with Gasteiger partial charge in [-0.3, -0.25) is 4.79 Å². The minimum absolute atomic E-state index is 0.147. The number of carbonyl (C=O) groups excluding carboxylic acids is 1. The minimum Gasteiger partial charge on any atom is -0.490 e. The molecule has 0 aromatic heterocycles. The van der Waals surface area contributed by atoms with E-state index in [9.17, 15) is 4.79 Å². The highest BCUT2D eigenvalue weighted by molar-refractivity contribution is 6.32. The molecule has 0 saturated heterocycles. The quantitative estimate of drug-likeness (QED) is 0.484. The monoisotopic (exact) mass is 412 g/mol. The third-order valence-corrected chi connectivity index (χ3v) is 4.88. The summed E-state index contributed by atoms with van der Waals surface area (Å²) in [6.45, 7) is 4.75. The number of anilines is 1. The molecule has 0 bridgehead atoms. The average Bonchev–Trinajstić information content (AvgIpc) is 3.08. The van der Waals surface area contributed by atoms with Crippen molar-refractivity contribution in [3.05, 3.63) is 95.6 Å². The van der Waals surface area contributed by atoms with E-state index in [0.29, 0.717) is 36.0 Å². The van der Waals surface area contributed by atoms with Crippen LogP contribution in [-0.4, -0.2) is 18.2 Å². The molecule has 0 saturated carbocycles. The molecule has 156 valence electrons. The molecule has 0 unspecified atom stereocenters. The number of rotatable bonds is 7. The Hall–Kier alpha value is -3.86. The molecule has 1 aliphatic rings. The van der Waals surface area contributed by atoms with Crippen molar-refractivity contribution in [2.75, 3.05) is 11.6 Å². The van der Waals surface area contributed by atoms with Crippen LogP contribution in [0.2, 0.25) is 0 Å². The molecule has 3 aromatic carbocycles. The van der Waals surface area contributed by atoms with E-state index in [0.717, 1.165) is 16.8 Å². The first kappa shape index (κ1) is 20.4. The zero-order valence-corrected chi connectivity index (χ0v) is 17.6. The number of hydrazone groups is 1. The van der Waals surface area contributed by atoms with Crippen molar-refractivity contribution < 1.29 is 14.3 Å². The molecule has 5 nitrogen and oxygen atoms in total. The molecular formula is C26H24N2O3. The summed E-state index contributed by atoms with van der Waals surface area (Å²) in [6.07, 6.45) is 1.84. The van der Waals surface area contributed by atoms with Crippen LogP contribution in [0.4, 0.5) is 5.69 Å². The summed E-state index contributed by atoms with van der Waals surface area (Å²) < 4.78 is 11.8. The van der Waals surface area contributed by atoms with E-state index in [1.165, 1.54) is 5.01 Å². The van der Waals surface area contributed by atoms with Crippen molar-refractivity contribution in [1.82, 2.24) is 0 Å². The second kappa shape index (κ2) is 9.30. The van der Waals surface area contributed by atoms with E-state index in [-0.39, 0.29) is 5.91 Å². The lowest BCUT2D eigenvalue weighted by Gasteiger charge is -2.13. The smallest absolute Gasteiger partial charge is 0.280 e. The Kier molecular flexibility index (Phi) is 6.13. The van der Waals surface area contributed by atoms with Gasteiger partial charge in [-0.1, -0.05) is 54.6 Å². The number of para-hydroxylation sites is 1. The molecule has 1 amide bonds. The number of benzene rings is 3. The summed E-state index contributed by atoms with van der Waals surface area (Å²) in [5, 5.41) is 5.87. The number of carbonyl (C=O) groups is 1. The summed E-state index contributed by atoms with van der Waals surface area (Å²) in [6, 6.07) is 25.1. The van der Waals surface area contributed by atoms with E-state index >= 15 is 0 Å². The van der Waals surface area contributed by atoms with Crippen LogP contribution in [0.25, 0.3) is 6.08 Å². The average molecular weight is 412 g/mol. The van der Waals surface area contributed by atoms with Crippen molar-refractivity contribution in [3.63, 3.8) is 0 Å². The number of hydrogen-bond acceptors (Lipinski definition) is 4. The maximum atomic E-state index is 12.9. The van der Waals surface area contributed by atoms with E-state index < -0.39 is 0 Å². The lowest BCUT2D eigenvalue weighted by molar-refractivity contribution is -0.114. The number of ether oxygens (including phenoxy) is 2. The van der Waals surface area contributed by atoms with Crippen LogP contribution in [0.1, 0.15) is 25.0 Å². The van der Waals surface area contributed by atoms with Gasteiger partial charge in [0.2, 0.25) is 0 Å². The Balaban J connectivity index is 1.57. The topological polar surface area (TPSA) is 51.1 Å². The SMILES string of the molecule is CCOc1cc(C=C2C(=O)N(c3ccccc3)N=C2C)ccc1OCc1ccccc1. The lowest BCUT2D eigenvalue weighted by atomic mass is 10.1. The maximum Gasteiger partial charge on any atom is 0.280 e. The third-order valence-electron chi connectivity index (χ3n) is 4.88. The Morgan fingerprint density at radius 3 is 2.32 bits per heavy atom. The summed E-state index contributed by atoms with van der Waals surface area (Å²) in [7, 11) is 0. The predicted octanol–water partition coefficient (Wildman–Crippen LogP) is 5.47. The fourth-order valence-corrected chi connectivity index (χ4v) is 3.33. The summed E-state index contributed by atoms with van der Waals surface area (Å²) in [5.41, 5.74) is 3.92. The van der Waals surface area contributed by atoms with Crippen molar-refractivity contribution in [1.29, 1.82) is 0 Å². The molecular weight excluding hydrogens is 388 g/mol. The molecule has 1 heterocycles. The first-order chi connectivity index (χ1) is 15.2. The normalized spacial score (nSPS) is 14.6. The second-order valence-corrected chi connectivity index (χ2v) is 7.11. The number of amides is 1. The van der Waals surface area contributed by atoms with Crippen LogP contribution in [0.3, 0.4) is 0 Å². The summed E-state index contributed by atoms with van der Waals surface area (Å²) in [4.78, 5) is 12.9. The van der Waals surface area contributed by atoms with E-state index in [1.54, 1.807) is 0 Å². The van der Waals surface area contributed by atoms with Gasteiger partial charge >= 0.3 is 0 Å². The van der Waals surface area contributed by atoms with Crippen LogP contribution >= 0.6 is 0 Å². The highest BCUT2D eigenvalue weighted by Crippen LogP contribution is 2.31. The Morgan fingerprint density at radius 2 is 1.61 bits per heavy atom. The highest BCUT2D eigenvalue weighted by atomic mass is 16.5. The fraction of sp³-hybridized carbons (Fsp3) is 0.154. The van der Waals surface area contributed by atoms with Crippen LogP contribution in [-0.2, 0) is 11.4 Å². The summed E-state index contributed by atoms with van der Waals surface area (Å²) >= 11 is 0. The molecule has 0 radical (unpaired) electrons. The fourth-order valence-electron chi connectivity index (χ4n) is 3.33. The molecule has 31 heavy (non-hydrogen) atoms. The van der Waals surface area contributed by atoms with E-state index in [4.69, 9.17) is 9.47 Å². The van der Waals surface area contributed by atoms with Crippen LogP contribution in [0, 0.1) is 0 Å². The summed E-state index contributed by atoms with van der Waals surface area (Å²) in [5.74, 6) is 1.17. The van der Waals surface area contributed by atoms with Crippen molar-refractivity contribution in [3.8, 4) is 11.5 Å². The van der Waals surface area contributed by atoms with Gasteiger partial charge in [-0.15, -0.1) is 0 Å². The predicted molar refractivity (Wildman–Crippen MR) is 123 cm³/mol. The largest absolute Gasteiger partial charge is 0.490 e. The highest BCUT2D eigenvalue weighted by Gasteiger charge is 2.28. The minimum atomic E-state index is -0.147. The van der Waals surface area contributed by atoms with E-state index in [2.05, 4.69) is 5.10 Å². The van der Waals surface area contributed by atoms with Crippen molar-refractivity contribution >= 4 is 23.4 Å². The van der Waals surface area contributed by atoms with Gasteiger partial charge in [-0.2, -0.15) is 10.1 Å². The van der Waals surface area contributed by atoms with Crippen LogP contribution in [0.15, 0.2) is 89.5 Å². The molecule has 0 fully saturated rings. The van der Waals surface area contributed by atoms with Gasteiger partial charge in [-0.05, 0) is 55.3 Å². The van der Waals surface area contributed by atoms with Gasteiger partial charge in [0.15, 0.2) is 11.5 Å². The van der Waals surface area contributed by atoms with Gasteiger partial charge in [0.05, 0.1) is 23.6 Å². The van der Waals surface area contributed by atoms with Gasteiger partial charge in [0, 0.05) is 0 Å². The molecule has 3 aromatic rings. The number of nitrogens with zero attached hydrogens (tertiary/aromatic N) is 2. The van der Waals surface area contributed by atoms with Gasteiger partial charge in [0.1, 0.15) is 6.61 Å². The molecule has 5 heteroatoms. The molecule has 4 rings (SSSR count). The first-order valence-electron chi connectivity index (χ1n) is 10.3. The third kappa shape index (κ3) is 4.67.